The van der Waals surface area contributed by atoms with Crippen LogP contribution in [-0.2, 0) is 15.5 Å². The van der Waals surface area contributed by atoms with Crippen molar-refractivity contribution in [1.29, 1.82) is 0 Å². The zero-order chi connectivity index (χ0) is 21.0. The molecule has 0 aromatic heterocycles. The standard InChI is InChI=1S/C12H23NO7S2/c1-22(19)5-3-2-4-8(13-18)21-12-11(17)10(16)9(15)7(6-14)20-12/h7,9-12,14-18H,2-6H2,1H3/b13-8+/t7-,9-,10+,11-,12+,22?/m1/s1/i1D3,5D2. The quantitative estimate of drug-likeness (QED) is 0.166. The van der Waals surface area contributed by atoms with E-state index >= 15 is 0 Å². The number of ether oxygens (including phenoxy) is 1. The van der Waals surface area contributed by atoms with E-state index in [1.54, 1.807) is 0 Å². The van der Waals surface area contributed by atoms with E-state index < -0.39 is 59.1 Å². The highest BCUT2D eigenvalue weighted by molar-refractivity contribution is 8.14. The Hall–Kier alpha value is -0.230. The van der Waals surface area contributed by atoms with Crippen molar-refractivity contribution in [2.75, 3.05) is 18.5 Å². The lowest BCUT2D eigenvalue weighted by Gasteiger charge is -2.39. The van der Waals surface area contributed by atoms with Gasteiger partial charge >= 0.3 is 0 Å². The molecule has 1 aliphatic heterocycles. The second-order valence-corrected chi connectivity index (χ2v) is 6.57. The average molecular weight is 362 g/mol. The van der Waals surface area contributed by atoms with E-state index in [1.807, 2.05) is 0 Å². The van der Waals surface area contributed by atoms with Gasteiger partial charge < -0.3 is 30.4 Å². The number of hydrogen-bond donors (Lipinski definition) is 5. The van der Waals surface area contributed by atoms with Crippen LogP contribution in [0.15, 0.2) is 5.16 Å². The molecular formula is C12H23NO7S2. The van der Waals surface area contributed by atoms with Gasteiger partial charge in [0.1, 0.15) is 34.9 Å². The average Bonchev–Trinajstić information content (AvgIpc) is 2.59. The van der Waals surface area contributed by atoms with Gasteiger partial charge in [-0.3, -0.25) is 4.21 Å². The van der Waals surface area contributed by atoms with Gasteiger partial charge in [0, 0.05) is 29.5 Å². The van der Waals surface area contributed by atoms with Crippen LogP contribution in [0, 0.1) is 0 Å². The molecule has 10 heteroatoms. The summed E-state index contributed by atoms with van der Waals surface area (Å²) in [6.07, 6.45) is -9.19. The molecule has 1 unspecified atom stereocenters. The van der Waals surface area contributed by atoms with E-state index in [0.717, 1.165) is 0 Å². The van der Waals surface area contributed by atoms with Crippen molar-refractivity contribution in [1.82, 2.24) is 0 Å². The molecule has 0 bridgehead atoms. The van der Waals surface area contributed by atoms with Gasteiger partial charge in [-0.15, -0.1) is 0 Å². The van der Waals surface area contributed by atoms with Gasteiger partial charge in [-0.1, -0.05) is 16.9 Å². The Bertz CT molecular complexity index is 549. The summed E-state index contributed by atoms with van der Waals surface area (Å²) in [4.78, 5) is 0. The van der Waals surface area contributed by atoms with E-state index in [0.29, 0.717) is 11.8 Å². The summed E-state index contributed by atoms with van der Waals surface area (Å²) in [5.74, 6) is 0. The monoisotopic (exact) mass is 362 g/mol. The highest BCUT2D eigenvalue weighted by atomic mass is 32.2. The molecule has 1 aliphatic rings. The van der Waals surface area contributed by atoms with E-state index in [9.17, 15) is 19.5 Å². The minimum atomic E-state index is -2.96. The van der Waals surface area contributed by atoms with E-state index in [2.05, 4.69) is 5.16 Å². The van der Waals surface area contributed by atoms with Crippen LogP contribution in [0.4, 0.5) is 0 Å². The molecule has 0 aromatic rings. The van der Waals surface area contributed by atoms with Crippen LogP contribution in [0.3, 0.4) is 0 Å². The first-order valence-electron chi connectivity index (χ1n) is 8.95. The molecule has 1 saturated heterocycles. The van der Waals surface area contributed by atoms with Gasteiger partial charge in [0.2, 0.25) is 0 Å². The first-order valence-corrected chi connectivity index (χ1v) is 8.48. The number of oxime groups is 1. The van der Waals surface area contributed by atoms with Gasteiger partial charge in [-0.05, 0) is 19.3 Å². The first-order chi connectivity index (χ1) is 12.3. The smallest absolute Gasteiger partial charge is 0.138 e. The third-order valence-electron chi connectivity index (χ3n) is 3.01. The fourth-order valence-electron chi connectivity index (χ4n) is 1.84. The van der Waals surface area contributed by atoms with Crippen molar-refractivity contribution in [3.8, 4) is 0 Å². The molecule has 130 valence electrons. The fraction of sp³-hybridized carbons (Fsp3) is 0.917. The maximum Gasteiger partial charge on any atom is 0.138 e. The molecule has 1 rings (SSSR count). The lowest BCUT2D eigenvalue weighted by Crippen LogP contribution is -2.57. The maximum atomic E-state index is 11.7. The van der Waals surface area contributed by atoms with Crippen molar-refractivity contribution in [3.63, 3.8) is 0 Å². The highest BCUT2D eigenvalue weighted by Crippen LogP contribution is 2.30. The number of thioether (sulfide) groups is 1. The molecular weight excluding hydrogens is 334 g/mol. The Labute approximate surface area is 142 Å². The number of hydrogen-bond acceptors (Lipinski definition) is 9. The van der Waals surface area contributed by atoms with Crippen molar-refractivity contribution in [3.05, 3.63) is 0 Å². The van der Waals surface area contributed by atoms with Crippen LogP contribution in [0.25, 0.3) is 0 Å². The molecule has 6 atom stereocenters. The van der Waals surface area contributed by atoms with Gasteiger partial charge in [0.25, 0.3) is 0 Å². The summed E-state index contributed by atoms with van der Waals surface area (Å²) in [6.45, 7) is -0.616. The molecule has 0 radical (unpaired) electrons. The van der Waals surface area contributed by atoms with Crippen molar-refractivity contribution < 1.29 is 41.4 Å². The molecule has 0 spiro atoms. The molecule has 22 heavy (non-hydrogen) atoms. The van der Waals surface area contributed by atoms with Gasteiger partial charge in [0.15, 0.2) is 0 Å². The van der Waals surface area contributed by atoms with Gasteiger partial charge in [-0.25, -0.2) is 0 Å². The molecule has 0 saturated carbocycles. The molecule has 5 N–H and O–H groups in total. The van der Waals surface area contributed by atoms with Crippen LogP contribution in [0.1, 0.15) is 26.1 Å². The van der Waals surface area contributed by atoms with Crippen LogP contribution in [0.2, 0.25) is 0 Å². The molecule has 1 heterocycles. The first kappa shape index (κ1) is 13.1. The number of aliphatic hydroxyl groups excluding tert-OH is 4. The second-order valence-electron chi connectivity index (χ2n) is 4.58. The normalized spacial score (nSPS) is 39.2. The summed E-state index contributed by atoms with van der Waals surface area (Å²) < 4.78 is 53.3. The summed E-state index contributed by atoms with van der Waals surface area (Å²) in [5, 5.41) is 50.6. The molecule has 0 aliphatic carbocycles. The molecule has 0 aromatic carbocycles. The largest absolute Gasteiger partial charge is 0.410 e. The van der Waals surface area contributed by atoms with Crippen molar-refractivity contribution in [2.45, 2.75) is 49.1 Å². The SMILES string of the molecule is [2H]C([2H])([2H])S(=O)C([2H])([2H])CCC/C(=N\O)S[C@@H]1O[C@H](CO)[C@@H](O)[C@H](O)[C@H]1O. The summed E-state index contributed by atoms with van der Waals surface area (Å²) in [5.41, 5.74) is -3.64. The minimum Gasteiger partial charge on any atom is -0.410 e. The second kappa shape index (κ2) is 9.81. The predicted octanol–water partition coefficient (Wildman–Crippen LogP) is -1.14. The third-order valence-corrected chi connectivity index (χ3v) is 4.66. The number of nitrogens with zero attached hydrogens (tertiary/aromatic N) is 1. The van der Waals surface area contributed by atoms with E-state index in [1.165, 1.54) is 0 Å². The van der Waals surface area contributed by atoms with E-state index in [4.69, 9.17) is 21.9 Å². The topological polar surface area (TPSA) is 140 Å². The highest BCUT2D eigenvalue weighted by Gasteiger charge is 2.44. The van der Waals surface area contributed by atoms with Crippen LogP contribution in [0.5, 0.6) is 0 Å². The van der Waals surface area contributed by atoms with E-state index in [-0.39, 0.29) is 24.3 Å². The Morgan fingerprint density at radius 2 is 2.09 bits per heavy atom. The Morgan fingerprint density at radius 3 is 2.68 bits per heavy atom. The fourth-order valence-corrected chi connectivity index (χ4v) is 3.24. The summed E-state index contributed by atoms with van der Waals surface area (Å²) >= 11 is 0.699. The van der Waals surface area contributed by atoms with Crippen LogP contribution < -0.4 is 0 Å². The van der Waals surface area contributed by atoms with Crippen LogP contribution in [-0.4, -0.2) is 83.2 Å². The zero-order valence-corrected chi connectivity index (χ0v) is 13.2. The lowest BCUT2D eigenvalue weighted by molar-refractivity contribution is -0.205. The van der Waals surface area contributed by atoms with Crippen LogP contribution >= 0.6 is 11.8 Å². The summed E-state index contributed by atoms with van der Waals surface area (Å²) in [6, 6.07) is 0. The Balaban J connectivity index is 2.64. The summed E-state index contributed by atoms with van der Waals surface area (Å²) in [7, 11) is -2.72. The number of aliphatic hydroxyl groups is 4. The van der Waals surface area contributed by atoms with Gasteiger partial charge in [0.05, 0.1) is 6.61 Å². The Morgan fingerprint density at radius 1 is 1.36 bits per heavy atom. The molecule has 0 amide bonds. The third kappa shape index (κ3) is 5.76. The minimum absolute atomic E-state index is 0.0152. The number of rotatable bonds is 7. The van der Waals surface area contributed by atoms with Crippen molar-refractivity contribution in [2.24, 2.45) is 5.16 Å². The lowest BCUT2D eigenvalue weighted by atomic mass is 10.0. The predicted molar refractivity (Wildman–Crippen MR) is 83.4 cm³/mol. The maximum absolute atomic E-state index is 11.7. The van der Waals surface area contributed by atoms with Gasteiger partial charge in [-0.2, -0.15) is 0 Å². The molecule has 1 fully saturated rings. The molecule has 8 nitrogen and oxygen atoms in total. The zero-order valence-electron chi connectivity index (χ0n) is 16.5. The van der Waals surface area contributed by atoms with Crippen molar-refractivity contribution >= 4 is 27.6 Å². The Kier molecular flexibility index (Phi) is 5.84.